The van der Waals surface area contributed by atoms with E-state index in [1.165, 1.54) is 15.6 Å². The number of carbonyl (C=O) groups is 1. The molecule has 1 fully saturated rings. The molecule has 0 radical (unpaired) electrons. The quantitative estimate of drug-likeness (QED) is 0.814. The summed E-state index contributed by atoms with van der Waals surface area (Å²) in [5, 5.41) is 1.84. The zero-order chi connectivity index (χ0) is 18.2. The first kappa shape index (κ1) is 18.0. The van der Waals surface area contributed by atoms with E-state index in [-0.39, 0.29) is 37.0 Å². The van der Waals surface area contributed by atoms with Crippen molar-refractivity contribution in [2.24, 2.45) is 0 Å². The second-order valence-corrected chi connectivity index (χ2v) is 8.56. The Morgan fingerprint density at radius 1 is 1.08 bits per heavy atom. The highest BCUT2D eigenvalue weighted by Gasteiger charge is 2.31. The molecule has 134 valence electrons. The topological polar surface area (TPSA) is 57.7 Å². The van der Waals surface area contributed by atoms with Crippen LogP contribution in [-0.4, -0.2) is 49.7 Å². The lowest BCUT2D eigenvalue weighted by Crippen LogP contribution is -2.50. The first-order chi connectivity index (χ1) is 11.8. The van der Waals surface area contributed by atoms with E-state index in [9.17, 15) is 22.0 Å². The lowest BCUT2D eigenvalue weighted by atomic mass is 10.2. The van der Waals surface area contributed by atoms with Gasteiger partial charge in [0.25, 0.3) is 5.91 Å². The van der Waals surface area contributed by atoms with Crippen LogP contribution in [0.5, 0.6) is 0 Å². The molecular weight excluding hydrogens is 370 g/mol. The normalized spacial score (nSPS) is 16.2. The molecule has 3 rings (SSSR count). The van der Waals surface area contributed by atoms with Gasteiger partial charge in [-0.25, -0.2) is 17.2 Å². The number of aryl methyl sites for hydroxylation is 1. The van der Waals surface area contributed by atoms with Gasteiger partial charge in [-0.1, -0.05) is 0 Å². The van der Waals surface area contributed by atoms with Crippen LogP contribution in [0.1, 0.15) is 15.2 Å². The highest BCUT2D eigenvalue weighted by molar-refractivity contribution is 7.89. The number of thiophene rings is 1. The summed E-state index contributed by atoms with van der Waals surface area (Å²) in [5.74, 6) is -2.42. The number of benzene rings is 1. The van der Waals surface area contributed by atoms with Gasteiger partial charge in [0.2, 0.25) is 10.0 Å². The molecule has 1 aromatic heterocycles. The molecule has 0 aliphatic carbocycles. The van der Waals surface area contributed by atoms with Crippen molar-refractivity contribution in [2.75, 3.05) is 26.2 Å². The molecule has 1 aromatic carbocycles. The van der Waals surface area contributed by atoms with E-state index in [1.807, 2.05) is 18.4 Å². The van der Waals surface area contributed by atoms with Gasteiger partial charge in [0.15, 0.2) is 11.6 Å². The Labute approximate surface area is 148 Å². The number of sulfonamides is 1. The summed E-state index contributed by atoms with van der Waals surface area (Å²) in [4.78, 5) is 14.4. The van der Waals surface area contributed by atoms with Gasteiger partial charge in [0.1, 0.15) is 0 Å². The molecule has 0 N–H and O–H groups in total. The summed E-state index contributed by atoms with van der Waals surface area (Å²) in [5.41, 5.74) is 0.895. The third-order valence-corrected chi connectivity index (χ3v) is 7.01. The van der Waals surface area contributed by atoms with E-state index in [2.05, 4.69) is 0 Å². The number of hydrogen-bond donors (Lipinski definition) is 0. The van der Waals surface area contributed by atoms with Crippen molar-refractivity contribution in [1.29, 1.82) is 0 Å². The molecule has 1 aliphatic rings. The van der Waals surface area contributed by atoms with Crippen LogP contribution >= 0.6 is 11.3 Å². The van der Waals surface area contributed by atoms with Gasteiger partial charge in [-0.2, -0.15) is 4.31 Å². The molecule has 1 saturated heterocycles. The van der Waals surface area contributed by atoms with E-state index >= 15 is 0 Å². The molecule has 0 saturated carbocycles. The number of halogens is 2. The van der Waals surface area contributed by atoms with E-state index in [0.29, 0.717) is 10.9 Å². The minimum absolute atomic E-state index is 0.109. The van der Waals surface area contributed by atoms with Gasteiger partial charge in [0.05, 0.1) is 9.77 Å². The Bertz CT molecular complexity index is 904. The van der Waals surface area contributed by atoms with Crippen molar-refractivity contribution in [1.82, 2.24) is 9.21 Å². The van der Waals surface area contributed by atoms with Crippen LogP contribution in [0.4, 0.5) is 8.78 Å². The van der Waals surface area contributed by atoms with Crippen molar-refractivity contribution >= 4 is 27.3 Å². The molecule has 2 aromatic rings. The van der Waals surface area contributed by atoms with E-state index in [4.69, 9.17) is 0 Å². The average molecular weight is 386 g/mol. The summed E-state index contributed by atoms with van der Waals surface area (Å²) in [6, 6.07) is 4.38. The molecule has 25 heavy (non-hydrogen) atoms. The standard InChI is InChI=1S/C16H16F2N2O3S2/c1-11-4-9-24-15(11)16(21)19-5-7-20(8-6-19)25(22,23)12-2-3-13(17)14(18)10-12/h2-4,9-10H,5-8H2,1H3. The molecule has 0 atom stereocenters. The highest BCUT2D eigenvalue weighted by atomic mass is 32.2. The smallest absolute Gasteiger partial charge is 0.264 e. The first-order valence-electron chi connectivity index (χ1n) is 7.59. The van der Waals surface area contributed by atoms with Crippen molar-refractivity contribution in [3.8, 4) is 0 Å². The predicted octanol–water partition coefficient (Wildman–Crippen LogP) is 2.48. The zero-order valence-corrected chi connectivity index (χ0v) is 15.0. The molecule has 9 heteroatoms. The van der Waals surface area contributed by atoms with Crippen LogP contribution < -0.4 is 0 Å². The fraction of sp³-hybridized carbons (Fsp3) is 0.312. The second-order valence-electron chi connectivity index (χ2n) is 5.70. The number of carbonyl (C=O) groups excluding carboxylic acids is 1. The van der Waals surface area contributed by atoms with Crippen LogP contribution in [0.15, 0.2) is 34.5 Å². The van der Waals surface area contributed by atoms with E-state index < -0.39 is 21.7 Å². The van der Waals surface area contributed by atoms with Gasteiger partial charge in [-0.3, -0.25) is 4.79 Å². The molecular formula is C16H16F2N2O3S2. The number of amides is 1. The molecule has 5 nitrogen and oxygen atoms in total. The minimum atomic E-state index is -3.92. The van der Waals surface area contributed by atoms with Gasteiger partial charge in [-0.15, -0.1) is 11.3 Å². The summed E-state index contributed by atoms with van der Waals surface area (Å²) in [6.07, 6.45) is 0. The maximum Gasteiger partial charge on any atom is 0.264 e. The van der Waals surface area contributed by atoms with Crippen molar-refractivity contribution < 1.29 is 22.0 Å². The summed E-state index contributed by atoms with van der Waals surface area (Å²) in [6.45, 7) is 2.57. The highest BCUT2D eigenvalue weighted by Crippen LogP contribution is 2.22. The first-order valence-corrected chi connectivity index (χ1v) is 9.91. The second kappa shape index (κ2) is 6.81. The van der Waals surface area contributed by atoms with Gasteiger partial charge < -0.3 is 4.90 Å². The molecule has 0 spiro atoms. The maximum atomic E-state index is 13.3. The fourth-order valence-electron chi connectivity index (χ4n) is 2.65. The Kier molecular flexibility index (Phi) is 4.90. The Balaban J connectivity index is 1.72. The minimum Gasteiger partial charge on any atom is -0.335 e. The number of nitrogens with zero attached hydrogens (tertiary/aromatic N) is 2. The predicted molar refractivity (Wildman–Crippen MR) is 90.1 cm³/mol. The Morgan fingerprint density at radius 2 is 1.76 bits per heavy atom. The van der Waals surface area contributed by atoms with Crippen molar-refractivity contribution in [2.45, 2.75) is 11.8 Å². The lowest BCUT2D eigenvalue weighted by Gasteiger charge is -2.34. The maximum absolute atomic E-state index is 13.3. The van der Waals surface area contributed by atoms with Gasteiger partial charge >= 0.3 is 0 Å². The number of hydrogen-bond acceptors (Lipinski definition) is 4. The largest absolute Gasteiger partial charge is 0.335 e. The van der Waals surface area contributed by atoms with E-state index in [1.54, 1.807) is 4.90 Å². The monoisotopic (exact) mass is 386 g/mol. The third-order valence-electron chi connectivity index (χ3n) is 4.11. The third kappa shape index (κ3) is 3.44. The number of rotatable bonds is 3. The van der Waals surface area contributed by atoms with Gasteiger partial charge in [-0.05, 0) is 42.1 Å². The van der Waals surface area contributed by atoms with E-state index in [0.717, 1.165) is 17.7 Å². The van der Waals surface area contributed by atoms with Crippen LogP contribution in [0, 0.1) is 18.6 Å². The Hall–Kier alpha value is -1.84. The van der Waals surface area contributed by atoms with Crippen LogP contribution in [0.25, 0.3) is 0 Å². The molecule has 0 unspecified atom stereocenters. The zero-order valence-electron chi connectivity index (χ0n) is 13.4. The lowest BCUT2D eigenvalue weighted by molar-refractivity contribution is 0.0702. The van der Waals surface area contributed by atoms with Crippen molar-refractivity contribution in [3.63, 3.8) is 0 Å². The summed E-state index contributed by atoms with van der Waals surface area (Å²) in [7, 11) is -3.92. The molecule has 0 bridgehead atoms. The van der Waals surface area contributed by atoms with Crippen LogP contribution in [0.2, 0.25) is 0 Å². The van der Waals surface area contributed by atoms with Crippen LogP contribution in [0.3, 0.4) is 0 Å². The molecule has 1 amide bonds. The fourth-order valence-corrected chi connectivity index (χ4v) is 4.98. The average Bonchev–Trinajstić information content (AvgIpc) is 3.02. The van der Waals surface area contributed by atoms with Crippen molar-refractivity contribution in [3.05, 3.63) is 51.7 Å². The number of piperazine rings is 1. The molecule has 1 aliphatic heterocycles. The van der Waals surface area contributed by atoms with Gasteiger partial charge in [0, 0.05) is 26.2 Å². The Morgan fingerprint density at radius 3 is 2.32 bits per heavy atom. The summed E-state index contributed by atoms with van der Waals surface area (Å²) < 4.78 is 52.6. The van der Waals surface area contributed by atoms with Crippen LogP contribution in [-0.2, 0) is 10.0 Å². The SMILES string of the molecule is Cc1ccsc1C(=O)N1CCN(S(=O)(=O)c2ccc(F)c(F)c2)CC1. The molecule has 2 heterocycles. The summed E-state index contributed by atoms with van der Waals surface area (Å²) >= 11 is 1.36.